The van der Waals surface area contributed by atoms with Crippen molar-refractivity contribution in [3.63, 3.8) is 0 Å². The molecule has 9 aromatic carbocycles. The van der Waals surface area contributed by atoms with Crippen molar-refractivity contribution in [1.29, 1.82) is 0 Å². The first-order chi connectivity index (χ1) is 31.7. The fourth-order valence-electron chi connectivity index (χ4n) is 9.23. The van der Waals surface area contributed by atoms with Gasteiger partial charge in [-0.2, -0.15) is 0 Å². The molecule has 5 heteroatoms. The van der Waals surface area contributed by atoms with Crippen LogP contribution in [-0.2, 0) is 0 Å². The molecule has 0 radical (unpaired) electrons. The summed E-state index contributed by atoms with van der Waals surface area (Å²) in [5.74, 6) is 1.56. The van der Waals surface area contributed by atoms with Crippen molar-refractivity contribution < 1.29 is 0 Å². The standard InChI is InChI=1S/C59H39N5/c1-5-17-39(18-6-1)46-37-49(40-19-7-2-8-20-40)57-50(38-46)55(43-31-29-41(30-32-43)54-48-25-13-14-26-51(48)60-56(54)42-21-9-3-10-22-42)62-58(63-57)44-33-35-47(36-34-44)64-53-28-16-15-27-52(53)61-59(64)45-23-11-4-12-24-45/h1-38,54H. The minimum Gasteiger partial charge on any atom is -0.292 e. The summed E-state index contributed by atoms with van der Waals surface area (Å²) in [6, 6.07) is 80.9. The molecular weight excluding hydrogens is 779 g/mol. The minimum absolute atomic E-state index is 0.00765. The summed E-state index contributed by atoms with van der Waals surface area (Å²) in [5.41, 5.74) is 17.8. The highest BCUT2D eigenvalue weighted by atomic mass is 15.1. The van der Waals surface area contributed by atoms with Gasteiger partial charge in [-0.05, 0) is 88.0 Å². The second-order valence-corrected chi connectivity index (χ2v) is 16.2. The average molecular weight is 818 g/mol. The summed E-state index contributed by atoms with van der Waals surface area (Å²) in [6.07, 6.45) is 0. The first kappa shape index (κ1) is 37.2. The second kappa shape index (κ2) is 15.7. The number of imidazole rings is 1. The molecule has 300 valence electrons. The van der Waals surface area contributed by atoms with Crippen molar-refractivity contribution in [2.24, 2.45) is 4.99 Å². The third-order valence-electron chi connectivity index (χ3n) is 12.3. The van der Waals surface area contributed by atoms with E-state index in [1.54, 1.807) is 0 Å². The van der Waals surface area contributed by atoms with Gasteiger partial charge in [0.2, 0.25) is 0 Å². The van der Waals surface area contributed by atoms with Crippen LogP contribution < -0.4 is 0 Å². The molecule has 0 spiro atoms. The molecule has 1 aliphatic heterocycles. The Morgan fingerprint density at radius 3 is 1.72 bits per heavy atom. The normalized spacial score (nSPS) is 13.2. The Balaban J connectivity index is 1.03. The molecule has 64 heavy (non-hydrogen) atoms. The molecular formula is C59H39N5. The number of fused-ring (bicyclic) bond motifs is 3. The summed E-state index contributed by atoms with van der Waals surface area (Å²) in [6.45, 7) is 0. The lowest BCUT2D eigenvalue weighted by molar-refractivity contribution is 1.10. The van der Waals surface area contributed by atoms with Crippen LogP contribution in [-0.4, -0.2) is 25.2 Å². The summed E-state index contributed by atoms with van der Waals surface area (Å²) in [5, 5.41) is 0.989. The molecule has 0 bridgehead atoms. The molecule has 0 amide bonds. The molecule has 1 unspecified atom stereocenters. The monoisotopic (exact) mass is 817 g/mol. The molecule has 0 aliphatic carbocycles. The van der Waals surface area contributed by atoms with E-state index < -0.39 is 0 Å². The quantitative estimate of drug-likeness (QED) is 0.153. The second-order valence-electron chi connectivity index (χ2n) is 16.2. The molecule has 1 aliphatic rings. The molecule has 2 aromatic heterocycles. The van der Waals surface area contributed by atoms with Crippen molar-refractivity contribution in [2.45, 2.75) is 5.92 Å². The third kappa shape index (κ3) is 6.59. The highest BCUT2D eigenvalue weighted by Crippen LogP contribution is 2.43. The first-order valence-corrected chi connectivity index (χ1v) is 21.7. The van der Waals surface area contributed by atoms with Gasteiger partial charge in [0, 0.05) is 33.3 Å². The molecule has 0 N–H and O–H groups in total. The number of benzene rings is 9. The number of hydrogen-bond acceptors (Lipinski definition) is 4. The van der Waals surface area contributed by atoms with Crippen molar-refractivity contribution in [2.75, 3.05) is 0 Å². The largest absolute Gasteiger partial charge is 0.292 e. The van der Waals surface area contributed by atoms with Crippen LogP contribution in [0.5, 0.6) is 0 Å². The van der Waals surface area contributed by atoms with E-state index in [4.69, 9.17) is 19.9 Å². The van der Waals surface area contributed by atoms with Crippen molar-refractivity contribution in [3.05, 3.63) is 247 Å². The summed E-state index contributed by atoms with van der Waals surface area (Å²) in [4.78, 5) is 21.2. The topological polar surface area (TPSA) is 56.0 Å². The number of hydrogen-bond donors (Lipinski definition) is 0. The van der Waals surface area contributed by atoms with E-state index in [2.05, 4.69) is 223 Å². The molecule has 0 saturated carbocycles. The lowest BCUT2D eigenvalue weighted by atomic mass is 9.85. The lowest BCUT2D eigenvalue weighted by Gasteiger charge is -2.18. The Hall–Kier alpha value is -8.54. The zero-order chi connectivity index (χ0) is 42.4. The summed E-state index contributed by atoms with van der Waals surface area (Å²) in [7, 11) is 0. The van der Waals surface area contributed by atoms with E-state index in [9.17, 15) is 0 Å². The average Bonchev–Trinajstić information content (AvgIpc) is 3.97. The third-order valence-corrected chi connectivity index (χ3v) is 12.3. The Labute approximate surface area is 371 Å². The van der Waals surface area contributed by atoms with Crippen LogP contribution in [0.25, 0.3) is 83.9 Å². The Morgan fingerprint density at radius 1 is 0.406 bits per heavy atom. The molecule has 5 nitrogen and oxygen atoms in total. The summed E-state index contributed by atoms with van der Waals surface area (Å²) >= 11 is 0. The van der Waals surface area contributed by atoms with Crippen molar-refractivity contribution in [1.82, 2.24) is 19.5 Å². The SMILES string of the molecule is c1ccc(C2=Nc3ccccc3C2c2ccc(-c3nc(-c4ccc(-n5c(-c6ccccc6)nc6ccccc65)cc4)nc4c(-c5ccccc5)cc(-c5ccccc5)cc34)cc2)cc1. The van der Waals surface area contributed by atoms with Gasteiger partial charge in [0.15, 0.2) is 5.82 Å². The number of rotatable bonds is 8. The van der Waals surface area contributed by atoms with Gasteiger partial charge in [0.1, 0.15) is 5.82 Å². The van der Waals surface area contributed by atoms with Gasteiger partial charge in [-0.25, -0.2) is 15.0 Å². The zero-order valence-electron chi connectivity index (χ0n) is 34.8. The fourth-order valence-corrected chi connectivity index (χ4v) is 9.23. The first-order valence-electron chi connectivity index (χ1n) is 21.7. The van der Waals surface area contributed by atoms with E-state index in [0.717, 1.165) is 95.0 Å². The predicted octanol–water partition coefficient (Wildman–Crippen LogP) is 14.6. The molecule has 0 fully saturated rings. The van der Waals surface area contributed by atoms with Crippen LogP contribution in [0.15, 0.2) is 236 Å². The molecule has 11 aromatic rings. The smallest absolute Gasteiger partial charge is 0.160 e. The van der Waals surface area contributed by atoms with Crippen LogP contribution >= 0.6 is 0 Å². The van der Waals surface area contributed by atoms with Crippen LogP contribution in [0.1, 0.15) is 22.6 Å². The van der Waals surface area contributed by atoms with Gasteiger partial charge in [0.05, 0.1) is 39.6 Å². The van der Waals surface area contributed by atoms with Crippen molar-refractivity contribution >= 4 is 33.3 Å². The van der Waals surface area contributed by atoms with E-state index in [-0.39, 0.29) is 5.92 Å². The maximum absolute atomic E-state index is 5.49. The highest BCUT2D eigenvalue weighted by Gasteiger charge is 2.30. The minimum atomic E-state index is 0.00765. The Kier molecular flexibility index (Phi) is 9.16. The van der Waals surface area contributed by atoms with Crippen molar-refractivity contribution in [3.8, 4) is 62.0 Å². The zero-order valence-corrected chi connectivity index (χ0v) is 34.8. The van der Waals surface area contributed by atoms with Gasteiger partial charge < -0.3 is 0 Å². The highest BCUT2D eigenvalue weighted by molar-refractivity contribution is 6.12. The molecule has 3 heterocycles. The molecule has 1 atom stereocenters. The van der Waals surface area contributed by atoms with E-state index in [0.29, 0.717) is 5.82 Å². The Bertz CT molecular complexity index is 3510. The number of nitrogens with zero attached hydrogens (tertiary/aromatic N) is 5. The number of aromatic nitrogens is 4. The maximum Gasteiger partial charge on any atom is 0.160 e. The van der Waals surface area contributed by atoms with Crippen LogP contribution in [0.4, 0.5) is 5.69 Å². The van der Waals surface area contributed by atoms with Gasteiger partial charge >= 0.3 is 0 Å². The Morgan fingerprint density at radius 2 is 1.00 bits per heavy atom. The van der Waals surface area contributed by atoms with Gasteiger partial charge in [0.25, 0.3) is 0 Å². The van der Waals surface area contributed by atoms with Crippen LogP contribution in [0.2, 0.25) is 0 Å². The van der Waals surface area contributed by atoms with Crippen LogP contribution in [0.3, 0.4) is 0 Å². The molecule has 12 rings (SSSR count). The van der Waals surface area contributed by atoms with Gasteiger partial charge in [-0.1, -0.05) is 176 Å². The molecule has 0 saturated heterocycles. The maximum atomic E-state index is 5.49. The predicted molar refractivity (Wildman–Crippen MR) is 262 cm³/mol. The van der Waals surface area contributed by atoms with Crippen LogP contribution in [0, 0.1) is 0 Å². The summed E-state index contributed by atoms with van der Waals surface area (Å²) < 4.78 is 2.23. The van der Waals surface area contributed by atoms with E-state index >= 15 is 0 Å². The number of aliphatic imine (C=N–C) groups is 1. The lowest BCUT2D eigenvalue weighted by Crippen LogP contribution is -2.11. The van der Waals surface area contributed by atoms with Gasteiger partial charge in [-0.3, -0.25) is 9.56 Å². The van der Waals surface area contributed by atoms with E-state index in [1.165, 1.54) is 11.1 Å². The number of para-hydroxylation sites is 3. The fraction of sp³-hybridized carbons (Fsp3) is 0.0169. The van der Waals surface area contributed by atoms with E-state index in [1.807, 2.05) is 12.1 Å². The van der Waals surface area contributed by atoms with Gasteiger partial charge in [-0.15, -0.1) is 0 Å².